The number of halogens is 3. The molecule has 3 rings (SSSR count). The molecule has 1 heterocycles. The van der Waals surface area contributed by atoms with Crippen molar-refractivity contribution in [2.24, 2.45) is 5.92 Å². The number of imide groups is 1. The first-order chi connectivity index (χ1) is 12.8. The summed E-state index contributed by atoms with van der Waals surface area (Å²) in [6, 6.07) is 11.4. The van der Waals surface area contributed by atoms with Gasteiger partial charge in [0.25, 0.3) is 11.8 Å². The fourth-order valence-electron chi connectivity index (χ4n) is 2.61. The monoisotopic (exact) mass is 423 g/mol. The number of carbonyl (C=O) groups is 2. The number of amides is 2. The zero-order valence-corrected chi connectivity index (χ0v) is 16.9. The molecule has 0 bridgehead atoms. The Kier molecular flexibility index (Phi) is 5.80. The van der Waals surface area contributed by atoms with Crippen LogP contribution >= 0.6 is 34.8 Å². The number of hydrogen-bond donors (Lipinski definition) is 0. The second kappa shape index (κ2) is 7.93. The summed E-state index contributed by atoms with van der Waals surface area (Å²) >= 11 is 18.3. The van der Waals surface area contributed by atoms with E-state index in [2.05, 4.69) is 13.8 Å². The highest BCUT2D eigenvalue weighted by Crippen LogP contribution is 2.39. The van der Waals surface area contributed by atoms with Gasteiger partial charge >= 0.3 is 0 Å². The maximum absolute atomic E-state index is 12.9. The third-order valence-electron chi connectivity index (χ3n) is 3.90. The molecule has 4 nitrogen and oxygen atoms in total. The van der Waals surface area contributed by atoms with Gasteiger partial charge in [-0.05, 0) is 41.8 Å². The number of nitrogens with zero attached hydrogens (tertiary/aromatic N) is 1. The van der Waals surface area contributed by atoms with Gasteiger partial charge in [-0.25, -0.2) is 4.90 Å². The van der Waals surface area contributed by atoms with Crippen molar-refractivity contribution >= 4 is 57.9 Å². The van der Waals surface area contributed by atoms with Crippen LogP contribution in [0, 0.1) is 5.92 Å². The van der Waals surface area contributed by atoms with Crippen molar-refractivity contribution in [1.82, 2.24) is 0 Å². The van der Waals surface area contributed by atoms with E-state index in [1.807, 2.05) is 0 Å². The lowest BCUT2D eigenvalue weighted by Crippen LogP contribution is -2.31. The smallest absolute Gasteiger partial charge is 0.277 e. The van der Waals surface area contributed by atoms with E-state index in [9.17, 15) is 9.59 Å². The van der Waals surface area contributed by atoms with E-state index in [-0.39, 0.29) is 21.3 Å². The fourth-order valence-corrected chi connectivity index (χ4v) is 3.25. The third kappa shape index (κ3) is 3.98. The molecule has 0 spiro atoms. The summed E-state index contributed by atoms with van der Waals surface area (Å²) in [5.74, 6) is -0.117. The normalized spacial score (nSPS) is 14.5. The molecule has 0 unspecified atom stereocenters. The molecular weight excluding hydrogens is 409 g/mol. The third-order valence-corrected chi connectivity index (χ3v) is 4.81. The van der Waals surface area contributed by atoms with Gasteiger partial charge in [0.1, 0.15) is 10.8 Å². The highest BCUT2D eigenvalue weighted by molar-refractivity contribution is 6.60. The maximum atomic E-state index is 12.9. The lowest BCUT2D eigenvalue weighted by Gasteiger charge is -2.16. The van der Waals surface area contributed by atoms with Gasteiger partial charge in [-0.2, -0.15) is 0 Å². The number of rotatable bonds is 5. The van der Waals surface area contributed by atoms with Crippen molar-refractivity contribution in [3.63, 3.8) is 0 Å². The van der Waals surface area contributed by atoms with E-state index in [4.69, 9.17) is 39.5 Å². The van der Waals surface area contributed by atoms with Gasteiger partial charge in [-0.3, -0.25) is 9.59 Å². The van der Waals surface area contributed by atoms with Crippen LogP contribution in [0.1, 0.15) is 19.4 Å². The summed E-state index contributed by atoms with van der Waals surface area (Å²) in [6.45, 7) is 4.69. The summed E-state index contributed by atoms with van der Waals surface area (Å²) < 4.78 is 5.64. The Balaban J connectivity index is 1.91. The Bertz CT molecular complexity index is 936. The molecule has 0 saturated heterocycles. The van der Waals surface area contributed by atoms with Crippen LogP contribution in [0.4, 0.5) is 5.69 Å². The predicted octanol–water partition coefficient (Wildman–Crippen LogP) is 5.55. The minimum absolute atomic E-state index is 0.119. The first-order valence-electron chi connectivity index (χ1n) is 8.26. The average Bonchev–Trinajstić information content (AvgIpc) is 2.85. The van der Waals surface area contributed by atoms with E-state index >= 15 is 0 Å². The number of anilines is 1. The van der Waals surface area contributed by atoms with Gasteiger partial charge in [0.15, 0.2) is 0 Å². The summed E-state index contributed by atoms with van der Waals surface area (Å²) in [5, 5.41) is 0.419. The molecule has 2 aromatic rings. The maximum Gasteiger partial charge on any atom is 0.277 e. The van der Waals surface area contributed by atoms with Crippen molar-refractivity contribution in [2.45, 2.75) is 13.8 Å². The predicted molar refractivity (Wildman–Crippen MR) is 109 cm³/mol. The van der Waals surface area contributed by atoms with Crippen LogP contribution in [-0.2, 0) is 9.59 Å². The summed E-state index contributed by atoms with van der Waals surface area (Å²) in [5.41, 5.74) is 0.841. The van der Waals surface area contributed by atoms with Crippen LogP contribution in [0.3, 0.4) is 0 Å². The molecule has 140 valence electrons. The van der Waals surface area contributed by atoms with Gasteiger partial charge in [-0.15, -0.1) is 0 Å². The average molecular weight is 425 g/mol. The van der Waals surface area contributed by atoms with Crippen molar-refractivity contribution in [1.29, 1.82) is 0 Å². The number of carbonyl (C=O) groups excluding carboxylic acids is 2. The molecular formula is C20H16Cl3NO3. The zero-order chi connectivity index (χ0) is 19.7. The Hall–Kier alpha value is -2.01. The Morgan fingerprint density at radius 2 is 1.63 bits per heavy atom. The summed E-state index contributed by atoms with van der Waals surface area (Å²) in [4.78, 5) is 26.5. The molecule has 2 amide bonds. The van der Waals surface area contributed by atoms with Gasteiger partial charge < -0.3 is 4.74 Å². The number of ether oxygens (including phenoxy) is 1. The van der Waals surface area contributed by atoms with E-state index in [1.165, 1.54) is 12.1 Å². The molecule has 0 saturated carbocycles. The van der Waals surface area contributed by atoms with Crippen LogP contribution in [0.25, 0.3) is 5.57 Å². The first-order valence-corrected chi connectivity index (χ1v) is 9.40. The second-order valence-electron chi connectivity index (χ2n) is 6.46. The second-order valence-corrected chi connectivity index (χ2v) is 7.68. The Morgan fingerprint density at radius 1 is 0.963 bits per heavy atom. The Labute approximate surface area is 172 Å². The van der Waals surface area contributed by atoms with Crippen LogP contribution in [0.2, 0.25) is 10.0 Å². The highest BCUT2D eigenvalue weighted by Gasteiger charge is 2.40. The molecule has 7 heteroatoms. The van der Waals surface area contributed by atoms with Crippen LogP contribution in [0.5, 0.6) is 5.75 Å². The largest absolute Gasteiger partial charge is 0.493 e. The SMILES string of the molecule is CC(C)COc1ccc(C2=C(Cl)C(=O)N(c3cc(Cl)ccc3Cl)C2=O)cc1. The fraction of sp³-hybridized carbons (Fsp3) is 0.200. The molecule has 27 heavy (non-hydrogen) atoms. The van der Waals surface area contributed by atoms with Crippen molar-refractivity contribution in [3.05, 3.63) is 63.1 Å². The van der Waals surface area contributed by atoms with E-state index in [0.717, 1.165) is 4.90 Å². The lowest BCUT2D eigenvalue weighted by atomic mass is 10.1. The number of hydrogen-bond acceptors (Lipinski definition) is 3. The van der Waals surface area contributed by atoms with E-state index < -0.39 is 11.8 Å². The zero-order valence-electron chi connectivity index (χ0n) is 14.6. The van der Waals surface area contributed by atoms with E-state index in [1.54, 1.807) is 30.3 Å². The van der Waals surface area contributed by atoms with Crippen molar-refractivity contribution < 1.29 is 14.3 Å². The quantitative estimate of drug-likeness (QED) is 0.591. The molecule has 0 aliphatic carbocycles. The minimum Gasteiger partial charge on any atom is -0.493 e. The van der Waals surface area contributed by atoms with Crippen molar-refractivity contribution in [3.8, 4) is 5.75 Å². The minimum atomic E-state index is -0.638. The highest BCUT2D eigenvalue weighted by atomic mass is 35.5. The standard InChI is InChI=1S/C20H16Cl3NO3/c1-11(2)10-27-14-6-3-12(4-7-14)17-18(23)20(26)24(19(17)25)16-9-13(21)5-8-15(16)22/h3-9,11H,10H2,1-2H3. The Morgan fingerprint density at radius 3 is 2.26 bits per heavy atom. The van der Waals surface area contributed by atoms with Gasteiger partial charge in [0, 0.05) is 5.02 Å². The molecule has 0 aromatic heterocycles. The van der Waals surface area contributed by atoms with Gasteiger partial charge in [-0.1, -0.05) is 60.8 Å². The van der Waals surface area contributed by atoms with Crippen LogP contribution in [-0.4, -0.2) is 18.4 Å². The van der Waals surface area contributed by atoms with Crippen LogP contribution < -0.4 is 9.64 Å². The summed E-state index contributed by atoms with van der Waals surface area (Å²) in [6.07, 6.45) is 0. The van der Waals surface area contributed by atoms with E-state index in [0.29, 0.717) is 28.9 Å². The molecule has 0 fully saturated rings. The first kappa shape index (κ1) is 19.7. The van der Waals surface area contributed by atoms with Gasteiger partial charge in [0.05, 0.1) is 22.9 Å². The molecule has 1 aliphatic heterocycles. The molecule has 0 atom stereocenters. The summed E-state index contributed by atoms with van der Waals surface area (Å²) in [7, 11) is 0. The van der Waals surface area contributed by atoms with Crippen LogP contribution in [0.15, 0.2) is 47.5 Å². The number of benzene rings is 2. The molecule has 2 aromatic carbocycles. The molecule has 0 N–H and O–H groups in total. The molecule has 0 radical (unpaired) electrons. The lowest BCUT2D eigenvalue weighted by molar-refractivity contribution is -0.119. The van der Waals surface area contributed by atoms with Crippen molar-refractivity contribution in [2.75, 3.05) is 11.5 Å². The topological polar surface area (TPSA) is 46.6 Å². The molecule has 1 aliphatic rings. The van der Waals surface area contributed by atoms with Gasteiger partial charge in [0.2, 0.25) is 0 Å².